The molecule has 6 heterocycles. The van der Waals surface area contributed by atoms with Crippen molar-refractivity contribution in [1.82, 2.24) is 29.9 Å². The largest absolute Gasteiger partial charge is 0.263 e. The maximum atomic E-state index is 4.92. The predicted molar refractivity (Wildman–Crippen MR) is 582 cm³/mol. The highest BCUT2D eigenvalue weighted by atomic mass is 14.7. The maximum absolute atomic E-state index is 4.92. The summed E-state index contributed by atoms with van der Waals surface area (Å²) < 4.78 is 0. The molecule has 0 amide bonds. The summed E-state index contributed by atoms with van der Waals surface area (Å²) >= 11 is 0. The summed E-state index contributed by atoms with van der Waals surface area (Å²) in [6, 6.07) is 133. The van der Waals surface area contributed by atoms with E-state index in [9.17, 15) is 0 Å². The lowest BCUT2D eigenvalue weighted by molar-refractivity contribution is 1.38. The molecule has 26 aromatic carbocycles. The van der Waals surface area contributed by atoms with Crippen molar-refractivity contribution in [3.8, 4) is 111 Å². The van der Waals surface area contributed by atoms with E-state index in [-0.39, 0.29) is 0 Å². The second-order valence-electron chi connectivity index (χ2n) is 38.3. The third kappa shape index (κ3) is 10.4. The van der Waals surface area contributed by atoms with Gasteiger partial charge in [-0.3, -0.25) is 29.9 Å². The Hall–Kier alpha value is -18.4. The molecule has 0 aliphatic heterocycles. The third-order valence-corrected chi connectivity index (χ3v) is 31.2. The Kier molecular flexibility index (Phi) is 14.9. The second kappa shape index (κ2) is 27.7. The van der Waals surface area contributed by atoms with Gasteiger partial charge in [-0.2, -0.15) is 0 Å². The lowest BCUT2D eigenvalue weighted by atomic mass is 9.80. The SMILES string of the molecule is c1cc(-c2ccc(-c3cc4cncc5ccc6c7c(-c8ccc(-c9cccc(-c%10ccc%11ccc(-c%12cc%13cncc%14ccc%15c%16c(-c%17ccc%18ccccc%18c%17)cc%17cncc%18ccc(c%12c%15c%14%13)c%16c%18%17)cc%11c%10)c9)cc8)cc8cncc9ccc(c3c6c54)c7c98)cc2)cc(-c2cccc(-c3cc4cncc5ccc6c7c(-c8cccc9ccccc89)cc8cncc9ccc(c3c6c54)c7c98)c2)c1. The molecule has 0 radical (unpaired) electrons. The Labute approximate surface area is 788 Å². The van der Waals surface area contributed by atoms with Crippen LogP contribution in [0.5, 0.6) is 0 Å². The number of benzene rings is 26. The van der Waals surface area contributed by atoms with Gasteiger partial charge in [0, 0.05) is 171 Å². The zero-order valence-electron chi connectivity index (χ0n) is 74.1. The fourth-order valence-corrected chi connectivity index (χ4v) is 25.2. The fraction of sp³-hybridized carbons (Fsp3) is 0. The van der Waals surface area contributed by atoms with Crippen LogP contribution in [0.3, 0.4) is 0 Å². The van der Waals surface area contributed by atoms with Crippen LogP contribution in [0.1, 0.15) is 0 Å². The van der Waals surface area contributed by atoms with Gasteiger partial charge >= 0.3 is 0 Å². The van der Waals surface area contributed by atoms with Crippen molar-refractivity contribution >= 4 is 226 Å². The second-order valence-corrected chi connectivity index (χ2v) is 38.3. The van der Waals surface area contributed by atoms with Gasteiger partial charge in [0.05, 0.1) is 0 Å². The molecule has 0 bridgehead atoms. The van der Waals surface area contributed by atoms with Gasteiger partial charge in [0.25, 0.3) is 0 Å². The topological polar surface area (TPSA) is 77.3 Å². The molecule has 138 heavy (non-hydrogen) atoms. The summed E-state index contributed by atoms with van der Waals surface area (Å²) in [6.45, 7) is 0. The molecule has 32 aromatic rings. The van der Waals surface area contributed by atoms with E-state index in [0.29, 0.717) is 0 Å². The average molecular weight is 1740 g/mol. The van der Waals surface area contributed by atoms with Crippen LogP contribution in [0.15, 0.2) is 426 Å². The van der Waals surface area contributed by atoms with Crippen LogP contribution in [0.2, 0.25) is 0 Å². The van der Waals surface area contributed by atoms with Gasteiger partial charge in [-0.25, -0.2) is 0 Å². The van der Waals surface area contributed by atoms with E-state index in [2.05, 4.69) is 389 Å². The molecule has 0 N–H and O–H groups in total. The minimum Gasteiger partial charge on any atom is -0.263 e. The number of aromatic nitrogens is 6. The zero-order chi connectivity index (χ0) is 89.5. The van der Waals surface area contributed by atoms with Gasteiger partial charge in [-0.1, -0.05) is 279 Å². The van der Waals surface area contributed by atoms with E-state index in [0.717, 1.165) is 126 Å². The molecule has 6 nitrogen and oxygen atoms in total. The summed E-state index contributed by atoms with van der Waals surface area (Å²) in [6.07, 6.45) is 24.5. The van der Waals surface area contributed by atoms with E-state index in [1.165, 1.54) is 212 Å². The van der Waals surface area contributed by atoms with E-state index in [1.807, 2.05) is 37.2 Å². The first-order chi connectivity index (χ1) is 68.4. The first-order valence-electron chi connectivity index (χ1n) is 47.5. The first-order valence-corrected chi connectivity index (χ1v) is 47.5. The predicted octanol–water partition coefficient (Wildman–Crippen LogP) is 35.6. The fourth-order valence-electron chi connectivity index (χ4n) is 25.2. The first kappa shape index (κ1) is 74.2. The molecule has 6 heteroatoms. The molecular weight excluding hydrogens is 1670 g/mol. The lowest BCUT2D eigenvalue weighted by Gasteiger charge is -2.23. The molecule has 0 saturated heterocycles. The Bertz CT molecular complexity index is 10900. The van der Waals surface area contributed by atoms with Gasteiger partial charge in [0.2, 0.25) is 0 Å². The standard InChI is InChI=1S/C132H70N6/c1-2-11-78-49-86(33-26-71(78)9-1)112-56-98-68-136-61-90-38-44-106-125-113(57-99-69-137-62-91-37-43-105(130(125)118(91)99)124(112)129(106)117(90)98)87-34-27-74-25-32-84(51-94(74)52-87)82-16-6-14-80(48-82)73-23-30-77(31-24-73)110-54-96-66-134-60-89-35-41-103-121-109(53-95-65-133-59-88-36-42-104(127(121)115(88)95)122(110)128(103)116(89)96)76-28-21-72(22-29-76)79-13-5-15-81(47-79)83-17-7-18-85(50-83)111-55-97-67-135-63-92-40-46-108-126-114(102-20-8-12-75-10-3-4-19-101(75)102)58-100-70-138-64-93-39-45-107(132(126)120(93)100)123(111)131(108)119(92)97/h1-70H. The van der Waals surface area contributed by atoms with Crippen LogP contribution in [0.4, 0.5) is 0 Å². The highest BCUT2D eigenvalue weighted by Gasteiger charge is 2.30. The van der Waals surface area contributed by atoms with E-state index >= 15 is 0 Å². The van der Waals surface area contributed by atoms with Crippen molar-refractivity contribution in [2.45, 2.75) is 0 Å². The Morgan fingerprint density at radius 1 is 0.0942 bits per heavy atom. The molecule has 0 fully saturated rings. The maximum Gasteiger partial charge on any atom is 0.0347 e. The molecule has 628 valence electrons. The summed E-state index contributed by atoms with van der Waals surface area (Å²) in [4.78, 5) is 29.2. The van der Waals surface area contributed by atoms with Gasteiger partial charge in [-0.15, -0.1) is 0 Å². The summed E-state index contributed by atoms with van der Waals surface area (Å²) in [5, 5.41) is 50.8. The molecule has 0 aliphatic carbocycles. The van der Waals surface area contributed by atoms with Crippen LogP contribution in [-0.2, 0) is 0 Å². The minimum atomic E-state index is 1.11. The highest BCUT2D eigenvalue weighted by Crippen LogP contribution is 2.58. The molecule has 32 rings (SSSR count). The Balaban J connectivity index is 0.485. The van der Waals surface area contributed by atoms with Crippen molar-refractivity contribution < 1.29 is 0 Å². The molecular formula is C132H70N6. The van der Waals surface area contributed by atoms with Crippen molar-refractivity contribution in [3.63, 3.8) is 0 Å². The van der Waals surface area contributed by atoms with Gasteiger partial charge in [-0.05, 0) is 313 Å². The van der Waals surface area contributed by atoms with Crippen LogP contribution in [0, 0.1) is 0 Å². The van der Waals surface area contributed by atoms with Crippen molar-refractivity contribution in [2.75, 3.05) is 0 Å². The summed E-state index contributed by atoms with van der Waals surface area (Å²) in [5.74, 6) is 0. The van der Waals surface area contributed by atoms with E-state index in [1.54, 1.807) is 0 Å². The number of rotatable bonds is 10. The lowest BCUT2D eigenvalue weighted by Crippen LogP contribution is -1.96. The van der Waals surface area contributed by atoms with E-state index in [4.69, 9.17) is 29.9 Å². The van der Waals surface area contributed by atoms with Gasteiger partial charge in [0.1, 0.15) is 0 Å². The van der Waals surface area contributed by atoms with Crippen molar-refractivity contribution in [2.24, 2.45) is 0 Å². The number of fused-ring (bicyclic) bond motifs is 9. The minimum absolute atomic E-state index is 1.11. The normalized spacial score (nSPS) is 12.5. The van der Waals surface area contributed by atoms with Crippen molar-refractivity contribution in [1.29, 1.82) is 0 Å². The quantitative estimate of drug-likeness (QED) is 0.100. The monoisotopic (exact) mass is 1740 g/mol. The van der Waals surface area contributed by atoms with Crippen molar-refractivity contribution in [3.05, 3.63) is 426 Å². The third-order valence-electron chi connectivity index (χ3n) is 31.2. The average Bonchev–Trinajstić information content (AvgIpc) is 0.690. The van der Waals surface area contributed by atoms with Crippen LogP contribution in [0.25, 0.3) is 337 Å². The summed E-state index contributed by atoms with van der Waals surface area (Å²) in [7, 11) is 0. The van der Waals surface area contributed by atoms with Crippen LogP contribution < -0.4 is 0 Å². The highest BCUT2D eigenvalue weighted by molar-refractivity contribution is 6.48. The molecule has 0 aliphatic rings. The van der Waals surface area contributed by atoms with Gasteiger partial charge in [0.15, 0.2) is 0 Å². The Morgan fingerprint density at radius 3 is 0.710 bits per heavy atom. The molecule has 0 unspecified atom stereocenters. The van der Waals surface area contributed by atoms with Crippen LogP contribution >= 0.6 is 0 Å². The molecule has 0 spiro atoms. The number of hydrogen-bond donors (Lipinski definition) is 0. The number of hydrogen-bond acceptors (Lipinski definition) is 6. The summed E-state index contributed by atoms with van der Waals surface area (Å²) in [5.41, 5.74) is 23.4. The smallest absolute Gasteiger partial charge is 0.0347 e. The zero-order valence-corrected chi connectivity index (χ0v) is 74.1. The number of nitrogens with zero attached hydrogens (tertiary/aromatic N) is 6. The van der Waals surface area contributed by atoms with Gasteiger partial charge < -0.3 is 0 Å². The van der Waals surface area contributed by atoms with E-state index < -0.39 is 0 Å². The number of pyridine rings is 6. The molecule has 0 atom stereocenters. The molecule has 6 aromatic heterocycles. The molecule has 0 saturated carbocycles. The Morgan fingerprint density at radius 2 is 0.326 bits per heavy atom. The van der Waals surface area contributed by atoms with Crippen LogP contribution in [-0.4, -0.2) is 29.9 Å².